The Bertz CT molecular complexity index is 552. The van der Waals surface area contributed by atoms with E-state index in [2.05, 4.69) is 15.6 Å². The third-order valence-corrected chi connectivity index (χ3v) is 2.48. The number of hydrogen-bond donors (Lipinski definition) is 2. The summed E-state index contributed by atoms with van der Waals surface area (Å²) < 4.78 is 12.7. The Morgan fingerprint density at radius 3 is 2.42 bits per heavy atom. The number of aromatic nitrogens is 1. The molecule has 1 aromatic carbocycles. The van der Waals surface area contributed by atoms with E-state index >= 15 is 0 Å². The molecule has 19 heavy (non-hydrogen) atoms. The molecule has 2 N–H and O–H groups in total. The summed E-state index contributed by atoms with van der Waals surface area (Å²) >= 11 is 0. The molecule has 0 fully saturated rings. The van der Waals surface area contributed by atoms with Crippen LogP contribution in [0.2, 0.25) is 0 Å². The van der Waals surface area contributed by atoms with Crippen LogP contribution in [-0.2, 0) is 0 Å². The summed E-state index contributed by atoms with van der Waals surface area (Å²) in [5.41, 5.74) is 1.70. The van der Waals surface area contributed by atoms with Crippen LogP contribution in [0.15, 0.2) is 42.6 Å². The number of carbonyl (C=O) groups excluding carboxylic acids is 1. The lowest BCUT2D eigenvalue weighted by Gasteiger charge is -2.06. The molecule has 1 heterocycles. The van der Waals surface area contributed by atoms with Crippen LogP contribution in [0.25, 0.3) is 0 Å². The first kappa shape index (κ1) is 13.0. The molecule has 0 atom stereocenters. The topological polar surface area (TPSA) is 54.0 Å². The second-order valence-corrected chi connectivity index (χ2v) is 3.92. The molecule has 0 unspecified atom stereocenters. The normalized spacial score (nSPS) is 10.0. The molecule has 0 saturated carbocycles. The number of benzene rings is 1. The van der Waals surface area contributed by atoms with E-state index in [-0.39, 0.29) is 11.7 Å². The molecule has 0 bridgehead atoms. The Kier molecular flexibility index (Phi) is 4.07. The van der Waals surface area contributed by atoms with Crippen molar-refractivity contribution in [2.75, 3.05) is 17.2 Å². The van der Waals surface area contributed by atoms with Crippen LogP contribution in [0.5, 0.6) is 0 Å². The van der Waals surface area contributed by atoms with E-state index in [0.29, 0.717) is 11.4 Å². The van der Waals surface area contributed by atoms with Gasteiger partial charge in [-0.15, -0.1) is 0 Å². The number of anilines is 2. The predicted molar refractivity (Wildman–Crippen MR) is 72.8 cm³/mol. The summed E-state index contributed by atoms with van der Waals surface area (Å²) in [5.74, 6) is -0.666. The van der Waals surface area contributed by atoms with Crippen LogP contribution in [-0.4, -0.2) is 17.4 Å². The van der Waals surface area contributed by atoms with Gasteiger partial charge >= 0.3 is 0 Å². The van der Waals surface area contributed by atoms with Crippen LogP contribution in [0.3, 0.4) is 0 Å². The van der Waals surface area contributed by atoms with E-state index in [1.807, 2.05) is 6.92 Å². The van der Waals surface area contributed by atoms with Crippen LogP contribution in [0.1, 0.15) is 17.4 Å². The lowest BCUT2D eigenvalue weighted by atomic mass is 10.2. The first-order valence-electron chi connectivity index (χ1n) is 5.96. The van der Waals surface area contributed by atoms with Gasteiger partial charge in [-0.05, 0) is 43.3 Å². The van der Waals surface area contributed by atoms with Crippen molar-refractivity contribution in [3.8, 4) is 0 Å². The lowest BCUT2D eigenvalue weighted by molar-refractivity contribution is 0.102. The fourth-order valence-corrected chi connectivity index (χ4v) is 1.57. The number of pyridine rings is 1. The SMILES string of the molecule is CCNc1ccc(C(=O)Nc2ccc(F)cc2)nc1. The summed E-state index contributed by atoms with van der Waals surface area (Å²) in [6.07, 6.45) is 1.60. The van der Waals surface area contributed by atoms with Gasteiger partial charge in [0.05, 0.1) is 11.9 Å². The van der Waals surface area contributed by atoms with Gasteiger partial charge in [-0.25, -0.2) is 9.37 Å². The minimum Gasteiger partial charge on any atom is -0.384 e. The molecule has 0 spiro atoms. The van der Waals surface area contributed by atoms with Crippen molar-refractivity contribution in [3.63, 3.8) is 0 Å². The molecule has 98 valence electrons. The van der Waals surface area contributed by atoms with Crippen molar-refractivity contribution < 1.29 is 9.18 Å². The van der Waals surface area contributed by atoms with Gasteiger partial charge in [0.15, 0.2) is 0 Å². The molecule has 2 aromatic rings. The summed E-state index contributed by atoms with van der Waals surface area (Å²) in [4.78, 5) is 15.9. The van der Waals surface area contributed by atoms with E-state index < -0.39 is 0 Å². The second kappa shape index (κ2) is 5.95. The highest BCUT2D eigenvalue weighted by Gasteiger charge is 2.07. The molecule has 4 nitrogen and oxygen atoms in total. The number of nitrogens with one attached hydrogen (secondary N) is 2. The maximum atomic E-state index is 12.7. The van der Waals surface area contributed by atoms with Crippen molar-refractivity contribution >= 4 is 17.3 Å². The van der Waals surface area contributed by atoms with Gasteiger partial charge in [-0.3, -0.25) is 4.79 Å². The average Bonchev–Trinajstić information content (AvgIpc) is 2.42. The molecule has 0 aliphatic heterocycles. The number of halogens is 1. The quantitative estimate of drug-likeness (QED) is 0.887. The zero-order valence-electron chi connectivity index (χ0n) is 10.5. The zero-order valence-corrected chi connectivity index (χ0v) is 10.5. The number of hydrogen-bond acceptors (Lipinski definition) is 3. The fourth-order valence-electron chi connectivity index (χ4n) is 1.57. The van der Waals surface area contributed by atoms with Crippen LogP contribution >= 0.6 is 0 Å². The number of amides is 1. The van der Waals surface area contributed by atoms with Gasteiger partial charge in [-0.2, -0.15) is 0 Å². The van der Waals surface area contributed by atoms with E-state index in [1.165, 1.54) is 24.3 Å². The summed E-state index contributed by atoms with van der Waals surface area (Å²) in [6.45, 7) is 2.78. The van der Waals surface area contributed by atoms with E-state index in [0.717, 1.165) is 12.2 Å². The molecule has 0 saturated heterocycles. The van der Waals surface area contributed by atoms with E-state index in [1.54, 1.807) is 18.3 Å². The maximum absolute atomic E-state index is 12.7. The first-order chi connectivity index (χ1) is 9.19. The molecule has 2 rings (SSSR count). The molecular formula is C14H14FN3O. The van der Waals surface area contributed by atoms with Gasteiger partial charge in [-0.1, -0.05) is 0 Å². The molecule has 1 aromatic heterocycles. The fraction of sp³-hybridized carbons (Fsp3) is 0.143. The Morgan fingerprint density at radius 1 is 1.16 bits per heavy atom. The molecule has 1 amide bonds. The molecular weight excluding hydrogens is 245 g/mol. The minimum atomic E-state index is -0.342. The van der Waals surface area contributed by atoms with Crippen LogP contribution in [0, 0.1) is 5.82 Å². The van der Waals surface area contributed by atoms with Crippen LogP contribution in [0.4, 0.5) is 15.8 Å². The highest BCUT2D eigenvalue weighted by molar-refractivity contribution is 6.02. The number of nitrogens with zero attached hydrogens (tertiary/aromatic N) is 1. The van der Waals surface area contributed by atoms with Gasteiger partial charge in [0.25, 0.3) is 5.91 Å². The molecule has 5 heteroatoms. The van der Waals surface area contributed by atoms with E-state index in [4.69, 9.17) is 0 Å². The lowest BCUT2D eigenvalue weighted by Crippen LogP contribution is -2.13. The zero-order chi connectivity index (χ0) is 13.7. The third-order valence-electron chi connectivity index (χ3n) is 2.48. The van der Waals surface area contributed by atoms with Crippen molar-refractivity contribution in [1.29, 1.82) is 0 Å². The average molecular weight is 259 g/mol. The predicted octanol–water partition coefficient (Wildman–Crippen LogP) is 2.90. The molecule has 0 aliphatic carbocycles. The highest BCUT2D eigenvalue weighted by Crippen LogP contribution is 2.11. The number of rotatable bonds is 4. The highest BCUT2D eigenvalue weighted by atomic mass is 19.1. The maximum Gasteiger partial charge on any atom is 0.274 e. The van der Waals surface area contributed by atoms with Crippen LogP contribution < -0.4 is 10.6 Å². The summed E-state index contributed by atoms with van der Waals surface area (Å²) in [7, 11) is 0. The summed E-state index contributed by atoms with van der Waals surface area (Å²) in [6, 6.07) is 9.00. The van der Waals surface area contributed by atoms with Gasteiger partial charge < -0.3 is 10.6 Å². The van der Waals surface area contributed by atoms with Crippen molar-refractivity contribution in [2.45, 2.75) is 6.92 Å². The van der Waals surface area contributed by atoms with E-state index in [9.17, 15) is 9.18 Å². The Labute approximate surface area is 110 Å². The monoisotopic (exact) mass is 259 g/mol. The van der Waals surface area contributed by atoms with Gasteiger partial charge in [0.2, 0.25) is 0 Å². The van der Waals surface area contributed by atoms with Gasteiger partial charge in [0.1, 0.15) is 11.5 Å². The smallest absolute Gasteiger partial charge is 0.274 e. The van der Waals surface area contributed by atoms with Crippen molar-refractivity contribution in [3.05, 3.63) is 54.1 Å². The Hall–Kier alpha value is -2.43. The Balaban J connectivity index is 2.05. The van der Waals surface area contributed by atoms with Crippen molar-refractivity contribution in [2.24, 2.45) is 0 Å². The molecule has 0 radical (unpaired) electrons. The summed E-state index contributed by atoms with van der Waals surface area (Å²) in [5, 5.41) is 5.74. The second-order valence-electron chi connectivity index (χ2n) is 3.92. The minimum absolute atomic E-state index is 0.311. The van der Waals surface area contributed by atoms with Crippen molar-refractivity contribution in [1.82, 2.24) is 4.98 Å². The Morgan fingerprint density at radius 2 is 1.84 bits per heavy atom. The standard InChI is InChI=1S/C14H14FN3O/c1-2-16-12-7-8-13(17-9-12)14(19)18-11-5-3-10(15)4-6-11/h3-9,16H,2H2,1H3,(H,18,19). The molecule has 0 aliphatic rings. The van der Waals surface area contributed by atoms with Gasteiger partial charge in [0, 0.05) is 12.2 Å². The number of carbonyl (C=O) groups is 1. The first-order valence-corrected chi connectivity index (χ1v) is 5.96. The largest absolute Gasteiger partial charge is 0.384 e. The third kappa shape index (κ3) is 3.51.